The molecule has 0 heterocycles. The van der Waals surface area contributed by atoms with Crippen molar-refractivity contribution < 1.29 is 14.9 Å². The average molecular weight is 242 g/mol. The Labute approximate surface area is 105 Å². The molecule has 0 aromatic heterocycles. The van der Waals surface area contributed by atoms with Crippen molar-refractivity contribution in [3.63, 3.8) is 0 Å². The van der Waals surface area contributed by atoms with Crippen molar-refractivity contribution in [3.8, 4) is 0 Å². The van der Waals surface area contributed by atoms with E-state index in [0.29, 0.717) is 12.8 Å². The first-order chi connectivity index (χ1) is 7.99. The molecule has 0 saturated heterocycles. The zero-order chi connectivity index (χ0) is 13.3. The van der Waals surface area contributed by atoms with Crippen molar-refractivity contribution >= 4 is 0 Å². The number of ether oxygens (including phenoxy) is 1. The third-order valence-electron chi connectivity index (χ3n) is 2.61. The fourth-order valence-corrected chi connectivity index (χ4v) is 1.52. The average Bonchev–Trinajstić information content (AvgIpc) is 2.27. The van der Waals surface area contributed by atoms with Gasteiger partial charge >= 0.3 is 0 Å². The molecule has 3 nitrogen and oxygen atoms in total. The summed E-state index contributed by atoms with van der Waals surface area (Å²) in [5.74, 6) is 0. The predicted molar refractivity (Wildman–Crippen MR) is 70.9 cm³/mol. The smallest absolute Gasteiger partial charge is 0.0762 e. The molecule has 17 heavy (non-hydrogen) atoms. The highest BCUT2D eigenvalue weighted by Crippen LogP contribution is 2.14. The second kappa shape index (κ2) is 9.40. The van der Waals surface area contributed by atoms with Crippen LogP contribution in [0.1, 0.15) is 39.5 Å². The van der Waals surface area contributed by atoms with Crippen molar-refractivity contribution in [2.75, 3.05) is 0 Å². The first-order valence-electron chi connectivity index (χ1n) is 6.26. The van der Waals surface area contributed by atoms with E-state index in [9.17, 15) is 10.2 Å². The third-order valence-corrected chi connectivity index (χ3v) is 2.61. The minimum Gasteiger partial charge on any atom is -0.393 e. The zero-order valence-corrected chi connectivity index (χ0v) is 11.0. The van der Waals surface area contributed by atoms with Gasteiger partial charge in [0.25, 0.3) is 0 Å². The van der Waals surface area contributed by atoms with E-state index in [1.807, 2.05) is 0 Å². The summed E-state index contributed by atoms with van der Waals surface area (Å²) in [7, 11) is 0. The van der Waals surface area contributed by atoms with Crippen molar-refractivity contribution in [2.24, 2.45) is 0 Å². The lowest BCUT2D eigenvalue weighted by molar-refractivity contribution is 0.0179. The van der Waals surface area contributed by atoms with Gasteiger partial charge in [-0.05, 0) is 39.5 Å². The monoisotopic (exact) mass is 242 g/mol. The Kier molecular flexibility index (Phi) is 9.04. The van der Waals surface area contributed by atoms with Gasteiger partial charge in [0.05, 0.1) is 24.4 Å². The van der Waals surface area contributed by atoms with Crippen LogP contribution in [0.5, 0.6) is 0 Å². The molecule has 3 heteroatoms. The van der Waals surface area contributed by atoms with Crippen LogP contribution in [0.3, 0.4) is 0 Å². The summed E-state index contributed by atoms with van der Waals surface area (Å²) in [6, 6.07) is 0. The maximum atomic E-state index is 9.22. The van der Waals surface area contributed by atoms with Gasteiger partial charge in [0.2, 0.25) is 0 Å². The largest absolute Gasteiger partial charge is 0.393 e. The van der Waals surface area contributed by atoms with Crippen molar-refractivity contribution in [1.29, 1.82) is 0 Å². The van der Waals surface area contributed by atoms with Crippen LogP contribution < -0.4 is 0 Å². The second-order valence-electron chi connectivity index (χ2n) is 4.54. The van der Waals surface area contributed by atoms with E-state index in [1.165, 1.54) is 0 Å². The van der Waals surface area contributed by atoms with E-state index in [1.54, 1.807) is 26.0 Å². The summed E-state index contributed by atoms with van der Waals surface area (Å²) in [6.45, 7) is 11.0. The number of aliphatic hydroxyl groups is 2. The van der Waals surface area contributed by atoms with Gasteiger partial charge in [-0.15, -0.1) is 13.2 Å². The van der Waals surface area contributed by atoms with Crippen LogP contribution in [0.15, 0.2) is 25.3 Å². The van der Waals surface area contributed by atoms with E-state index < -0.39 is 0 Å². The molecule has 0 aliphatic carbocycles. The third kappa shape index (κ3) is 9.10. The van der Waals surface area contributed by atoms with Crippen LogP contribution >= 0.6 is 0 Å². The van der Waals surface area contributed by atoms with E-state index in [-0.39, 0.29) is 24.4 Å². The van der Waals surface area contributed by atoms with E-state index in [4.69, 9.17) is 4.74 Å². The zero-order valence-electron chi connectivity index (χ0n) is 11.0. The van der Waals surface area contributed by atoms with Gasteiger partial charge in [-0.25, -0.2) is 0 Å². The van der Waals surface area contributed by atoms with Gasteiger partial charge in [-0.2, -0.15) is 0 Å². The number of aliphatic hydroxyl groups excluding tert-OH is 2. The Morgan fingerprint density at radius 3 is 1.47 bits per heavy atom. The molecule has 0 aromatic rings. The number of hydrogen-bond donors (Lipinski definition) is 2. The van der Waals surface area contributed by atoms with Gasteiger partial charge in [0, 0.05) is 0 Å². The molecule has 0 fully saturated rings. The molecule has 0 rings (SSSR count). The first-order valence-corrected chi connectivity index (χ1v) is 6.26. The Balaban J connectivity index is 4.03. The Bertz CT molecular complexity index is 190. The van der Waals surface area contributed by atoms with Gasteiger partial charge in [-0.1, -0.05) is 12.2 Å². The number of hydrogen-bond acceptors (Lipinski definition) is 3. The molecular weight excluding hydrogens is 216 g/mol. The van der Waals surface area contributed by atoms with E-state index in [0.717, 1.165) is 12.8 Å². The molecule has 4 atom stereocenters. The van der Waals surface area contributed by atoms with Crippen LogP contribution in [-0.4, -0.2) is 34.6 Å². The summed E-state index contributed by atoms with van der Waals surface area (Å²) in [4.78, 5) is 0. The summed E-state index contributed by atoms with van der Waals surface area (Å²) < 4.78 is 5.79. The summed E-state index contributed by atoms with van der Waals surface area (Å²) in [5.41, 5.74) is 0. The summed E-state index contributed by atoms with van der Waals surface area (Å²) >= 11 is 0. The minimum atomic E-state index is -0.319. The lowest BCUT2D eigenvalue weighted by atomic mass is 10.1. The highest BCUT2D eigenvalue weighted by atomic mass is 16.5. The molecule has 0 radical (unpaired) electrons. The van der Waals surface area contributed by atoms with Crippen LogP contribution in [0.25, 0.3) is 0 Å². The topological polar surface area (TPSA) is 49.7 Å². The molecule has 2 N–H and O–H groups in total. The van der Waals surface area contributed by atoms with E-state index in [2.05, 4.69) is 13.2 Å². The predicted octanol–water partition coefficient (Wildman–Crippen LogP) is 2.43. The molecule has 0 amide bonds. The van der Waals surface area contributed by atoms with Crippen LogP contribution in [-0.2, 0) is 4.74 Å². The minimum absolute atomic E-state index is 0.0680. The lowest BCUT2D eigenvalue weighted by Gasteiger charge is -2.21. The maximum Gasteiger partial charge on any atom is 0.0762 e. The molecule has 0 spiro atoms. The summed E-state index contributed by atoms with van der Waals surface area (Å²) in [5, 5.41) is 18.4. The maximum absolute atomic E-state index is 9.22. The Hall–Kier alpha value is -0.640. The Morgan fingerprint density at radius 2 is 1.24 bits per heavy atom. The quantitative estimate of drug-likeness (QED) is 0.578. The van der Waals surface area contributed by atoms with Crippen molar-refractivity contribution in [2.45, 2.75) is 63.9 Å². The van der Waals surface area contributed by atoms with Gasteiger partial charge in [0.15, 0.2) is 0 Å². The molecular formula is C14H26O3. The lowest BCUT2D eigenvalue weighted by Crippen LogP contribution is -2.21. The molecule has 0 saturated carbocycles. The SMILES string of the molecule is C=CC(CCC(C)O)OC(C=C)CCC(C)O. The van der Waals surface area contributed by atoms with Crippen molar-refractivity contribution in [3.05, 3.63) is 25.3 Å². The fourth-order valence-electron chi connectivity index (χ4n) is 1.52. The second-order valence-corrected chi connectivity index (χ2v) is 4.54. The van der Waals surface area contributed by atoms with Crippen LogP contribution in [0, 0.1) is 0 Å². The molecule has 0 bridgehead atoms. The van der Waals surface area contributed by atoms with Crippen LogP contribution in [0.2, 0.25) is 0 Å². The molecule has 0 aromatic carbocycles. The number of rotatable bonds is 10. The molecule has 100 valence electrons. The van der Waals surface area contributed by atoms with Gasteiger partial charge in [0.1, 0.15) is 0 Å². The molecule has 0 aliphatic rings. The summed E-state index contributed by atoms with van der Waals surface area (Å²) in [6.07, 6.45) is 5.61. The van der Waals surface area contributed by atoms with Crippen LogP contribution in [0.4, 0.5) is 0 Å². The fraction of sp³-hybridized carbons (Fsp3) is 0.714. The molecule has 4 unspecified atom stereocenters. The van der Waals surface area contributed by atoms with E-state index >= 15 is 0 Å². The van der Waals surface area contributed by atoms with Gasteiger partial charge < -0.3 is 14.9 Å². The molecule has 0 aliphatic heterocycles. The standard InChI is InChI=1S/C14H26O3/c1-5-13(9-7-11(3)15)17-14(6-2)10-8-12(4)16/h5-6,11-16H,1-2,7-10H2,3-4H3. The highest BCUT2D eigenvalue weighted by molar-refractivity contribution is 4.87. The first kappa shape index (κ1) is 16.4. The van der Waals surface area contributed by atoms with Gasteiger partial charge in [-0.3, -0.25) is 0 Å². The highest BCUT2D eigenvalue weighted by Gasteiger charge is 2.13. The normalized spacial score (nSPS) is 18.1. The van der Waals surface area contributed by atoms with Crippen molar-refractivity contribution in [1.82, 2.24) is 0 Å². The Morgan fingerprint density at radius 1 is 0.882 bits per heavy atom.